The summed E-state index contributed by atoms with van der Waals surface area (Å²) < 4.78 is 151. The van der Waals surface area contributed by atoms with E-state index in [4.69, 9.17) is 39.8 Å². The number of ether oxygens (including phenoxy) is 2. The van der Waals surface area contributed by atoms with Gasteiger partial charge in [0.15, 0.2) is 22.4 Å². The van der Waals surface area contributed by atoms with Crippen molar-refractivity contribution in [3.05, 3.63) is 145 Å². The Morgan fingerprint density at radius 2 is 0.795 bits per heavy atom. The fraction of sp³-hybridized carbons (Fsp3) is 0.192. The summed E-state index contributed by atoms with van der Waals surface area (Å²) in [6.07, 6.45) is 0. The van der Waals surface area contributed by atoms with Crippen LogP contribution in [0.1, 0.15) is 20.7 Å². The topological polar surface area (TPSA) is 383 Å². The van der Waals surface area contributed by atoms with E-state index in [-0.39, 0.29) is 81.9 Å². The second-order valence-electron chi connectivity index (χ2n) is 18.7. The molecule has 0 N–H and O–H groups in total. The van der Waals surface area contributed by atoms with Gasteiger partial charge in [0.05, 0.1) is 87.1 Å². The summed E-state index contributed by atoms with van der Waals surface area (Å²) in [5.74, 6) is -4.73. The number of para-hydroxylation sites is 2. The Morgan fingerprint density at radius 1 is 0.477 bits per heavy atom. The molecular formula is C52H44N12Na2O16S6. The Bertz CT molecular complexity index is 4290. The third kappa shape index (κ3) is 16.2. The molecular weight excluding hydrogens is 1290 g/mol. The summed E-state index contributed by atoms with van der Waals surface area (Å²) in [5, 5.41) is 20.2. The van der Waals surface area contributed by atoms with Crippen LogP contribution < -0.4 is 78.2 Å². The van der Waals surface area contributed by atoms with Crippen LogP contribution in [0.4, 0.5) is 0 Å². The molecule has 446 valence electrons. The minimum Gasteiger partial charge on any atom is -0.748 e. The zero-order chi connectivity index (χ0) is 61.3. The van der Waals surface area contributed by atoms with Gasteiger partial charge in [-0.3, -0.25) is 9.59 Å². The monoisotopic (exact) mass is 1330 g/mol. The number of tetrazole rings is 2. The minimum absolute atomic E-state index is 0. The zero-order valence-electron chi connectivity index (χ0n) is 46.7. The molecule has 0 bridgehead atoms. The number of carbonyl (C=O) groups excluding carboxylic acids is 2. The number of nitrogens with zero attached hydrogens (tertiary/aromatic N) is 12. The molecule has 36 heteroatoms. The molecule has 4 heterocycles. The van der Waals surface area contributed by atoms with E-state index in [0.717, 1.165) is 19.2 Å². The maximum Gasteiger partial charge on any atom is 1.00 e. The van der Waals surface area contributed by atoms with Crippen LogP contribution in [0.15, 0.2) is 133 Å². The Balaban J connectivity index is 0.00000501. The first-order valence-electron chi connectivity index (χ1n) is 25.2. The molecule has 0 fully saturated rings. The van der Waals surface area contributed by atoms with Crippen LogP contribution in [0, 0.1) is 0 Å². The average molecular weight is 1330 g/mol. The van der Waals surface area contributed by atoms with Gasteiger partial charge in [0.2, 0.25) is 0 Å². The van der Waals surface area contributed by atoms with Crippen molar-refractivity contribution < 1.29 is 140 Å². The van der Waals surface area contributed by atoms with E-state index in [0.29, 0.717) is 66.4 Å². The summed E-state index contributed by atoms with van der Waals surface area (Å²) in [5.41, 5.74) is 4.29. The second kappa shape index (κ2) is 27.7. The molecule has 10 aromatic rings. The van der Waals surface area contributed by atoms with Gasteiger partial charge in [-0.2, -0.15) is 0 Å². The van der Waals surface area contributed by atoms with E-state index in [9.17, 15) is 61.5 Å². The first kappa shape index (κ1) is 67.4. The number of benzene rings is 6. The van der Waals surface area contributed by atoms with E-state index in [1.165, 1.54) is 105 Å². The molecule has 6 aromatic carbocycles. The smallest absolute Gasteiger partial charge is 0.748 e. The van der Waals surface area contributed by atoms with Crippen molar-refractivity contribution in [1.82, 2.24) is 49.8 Å². The molecule has 0 aliphatic rings. The maximum absolute atomic E-state index is 13.5. The van der Waals surface area contributed by atoms with Crippen LogP contribution in [0.25, 0.3) is 76.0 Å². The molecule has 0 saturated carbocycles. The Kier molecular flexibility index (Phi) is 21.2. The van der Waals surface area contributed by atoms with Gasteiger partial charge >= 0.3 is 69.4 Å². The average Bonchev–Trinajstić information content (AvgIpc) is 1.77. The van der Waals surface area contributed by atoms with Gasteiger partial charge in [0, 0.05) is 58.6 Å². The van der Waals surface area contributed by atoms with Gasteiger partial charge in [-0.05, 0) is 138 Å². The fourth-order valence-corrected chi connectivity index (χ4v) is 12.3. The van der Waals surface area contributed by atoms with E-state index in [1.807, 2.05) is 60.7 Å². The van der Waals surface area contributed by atoms with Crippen molar-refractivity contribution in [1.29, 1.82) is 0 Å². The molecule has 0 saturated heterocycles. The molecule has 0 unspecified atom stereocenters. The standard InChI is InChI=1S/C52H46N12O16S6.2Na/c1-79-43-31-37(19-21-41(43)61-55-47(57-63(61)51-53-39-7-3-5-9-45(39)81-51)33-11-15-35(16-12-33)49(65)59(23-27-83(67,68)69)24-28-84(70,71)72)38-20-22-42(44(32-38)80-2)62-56-48(58-64(62)52-54-40-8-4-6-10-46(40)82-52)34-13-17-36(18-14-34)50(66)60(25-29-85(73,74)75)26-30-86(76,77)78;;/h3-22,31-32H,23-30H2,1-2H3,(H2-2,67,68,69,70,71,72,73,74,75,76,77,78);;/q;2*+1/p-2. The first-order valence-corrected chi connectivity index (χ1v) is 33.2. The summed E-state index contributed by atoms with van der Waals surface area (Å²) >= 11 is 2.66. The maximum atomic E-state index is 13.5. The third-order valence-electron chi connectivity index (χ3n) is 12.9. The Hall–Kier alpha value is -6.58. The van der Waals surface area contributed by atoms with Crippen molar-refractivity contribution in [2.24, 2.45) is 0 Å². The molecule has 2 amide bonds. The number of rotatable bonds is 23. The van der Waals surface area contributed by atoms with Crippen molar-refractivity contribution in [3.8, 4) is 67.0 Å². The van der Waals surface area contributed by atoms with Crippen LogP contribution in [0.5, 0.6) is 11.5 Å². The second-order valence-corrected chi connectivity index (χ2v) is 26.8. The van der Waals surface area contributed by atoms with Crippen molar-refractivity contribution in [2.75, 3.05) is 63.4 Å². The van der Waals surface area contributed by atoms with E-state index in [1.54, 1.807) is 24.3 Å². The Labute approximate surface area is 554 Å². The molecule has 0 aliphatic heterocycles. The molecule has 88 heavy (non-hydrogen) atoms. The van der Waals surface area contributed by atoms with Crippen LogP contribution >= 0.6 is 22.7 Å². The van der Waals surface area contributed by atoms with Gasteiger partial charge < -0.3 is 37.5 Å². The number of methoxy groups -OCH3 is 2. The van der Waals surface area contributed by atoms with E-state index in [2.05, 4.69) is 0 Å². The Morgan fingerprint density at radius 3 is 1.10 bits per heavy atom. The summed E-state index contributed by atoms with van der Waals surface area (Å²) in [4.78, 5) is 44.2. The predicted octanol–water partition coefficient (Wildman–Crippen LogP) is -3.29. The largest absolute Gasteiger partial charge is 1.00 e. The van der Waals surface area contributed by atoms with Gasteiger partial charge in [-0.25, -0.2) is 33.7 Å². The van der Waals surface area contributed by atoms with Crippen LogP contribution in [-0.2, 0) is 40.5 Å². The van der Waals surface area contributed by atoms with Gasteiger partial charge in [-0.15, -0.1) is 0 Å². The number of thiazole rings is 2. The SMILES string of the molecule is COc1cc(-c2ccc(-n3nc(-c4ccc(C(=O)N(CCS(=O)(=O)[O-])CCS(=O)(=O)[O-])cc4)n[n+]3-c3nc4ccccc4s3)c(OC)c2)ccc1-n1nc(-c2ccc(C(=O)N(CCS(=O)(=O)[O-])CCS(=O)(=O)[O-])cc2)n[n+]1-c1nc2ccccc2s1.[Na+].[Na+]. The summed E-state index contributed by atoms with van der Waals surface area (Å²) in [6, 6.07) is 37.2. The summed E-state index contributed by atoms with van der Waals surface area (Å²) in [7, 11) is -16.3. The quantitative estimate of drug-likeness (QED) is 0.0344. The zero-order valence-corrected chi connectivity index (χ0v) is 55.6. The molecule has 0 atom stereocenters. The third-order valence-corrected chi connectivity index (χ3v) is 17.7. The van der Waals surface area contributed by atoms with E-state index < -0.39 is 101 Å². The number of hydrogen-bond acceptors (Lipinski definition) is 24. The molecule has 28 nitrogen and oxygen atoms in total. The van der Waals surface area contributed by atoms with Crippen molar-refractivity contribution >= 4 is 95.4 Å². The number of fused-ring (bicyclic) bond motifs is 2. The normalized spacial score (nSPS) is 11.9. The predicted molar refractivity (Wildman–Crippen MR) is 305 cm³/mol. The number of hydrogen-bond donors (Lipinski definition) is 0. The molecule has 10 rings (SSSR count). The van der Waals surface area contributed by atoms with Crippen LogP contribution in [0.2, 0.25) is 0 Å². The number of amides is 2. The number of aromatic nitrogens is 10. The van der Waals surface area contributed by atoms with Gasteiger partial charge in [0.25, 0.3) is 23.5 Å². The van der Waals surface area contributed by atoms with Crippen molar-refractivity contribution in [2.45, 2.75) is 0 Å². The number of carbonyl (C=O) groups is 2. The fourth-order valence-electron chi connectivity index (χ4n) is 8.70. The van der Waals surface area contributed by atoms with Gasteiger partial charge in [-0.1, -0.05) is 69.0 Å². The molecule has 4 aromatic heterocycles. The van der Waals surface area contributed by atoms with E-state index >= 15 is 0 Å². The van der Waals surface area contributed by atoms with Crippen LogP contribution in [-0.4, -0.2) is 177 Å². The van der Waals surface area contributed by atoms with Crippen LogP contribution in [0.3, 0.4) is 0 Å². The minimum atomic E-state index is -4.81. The molecule has 0 radical (unpaired) electrons. The van der Waals surface area contributed by atoms with Gasteiger partial charge in [0.1, 0.15) is 11.5 Å². The first-order chi connectivity index (χ1) is 40.8. The van der Waals surface area contributed by atoms with Crippen molar-refractivity contribution in [3.63, 3.8) is 0 Å². The molecule has 0 aliphatic carbocycles. The molecule has 0 spiro atoms. The summed E-state index contributed by atoms with van der Waals surface area (Å²) in [6.45, 7) is -2.61.